The van der Waals surface area contributed by atoms with Crippen molar-refractivity contribution < 1.29 is 22.7 Å². The minimum Gasteiger partial charge on any atom is -0.458 e. The van der Waals surface area contributed by atoms with Gasteiger partial charge in [-0.15, -0.1) is 0 Å². The lowest BCUT2D eigenvalue weighted by Gasteiger charge is -2.40. The summed E-state index contributed by atoms with van der Waals surface area (Å²) in [6, 6.07) is 14.4. The Kier molecular flexibility index (Phi) is 6.63. The number of halogens is 3. The third-order valence-electron chi connectivity index (χ3n) is 5.56. The minimum atomic E-state index is -4.43. The van der Waals surface area contributed by atoms with Crippen molar-refractivity contribution in [2.45, 2.75) is 44.0 Å². The summed E-state index contributed by atoms with van der Waals surface area (Å²) in [6.45, 7) is 0. The van der Waals surface area contributed by atoms with Crippen molar-refractivity contribution >= 4 is 5.97 Å². The van der Waals surface area contributed by atoms with Crippen molar-refractivity contribution in [2.75, 3.05) is 14.1 Å². The molecule has 2 aromatic rings. The second kappa shape index (κ2) is 8.99. The molecule has 0 unspecified atom stereocenters. The quantitative estimate of drug-likeness (QED) is 0.596. The van der Waals surface area contributed by atoms with E-state index in [-0.39, 0.29) is 23.6 Å². The summed E-state index contributed by atoms with van der Waals surface area (Å²) in [5.74, 6) is -0.444. The van der Waals surface area contributed by atoms with E-state index in [9.17, 15) is 18.0 Å². The van der Waals surface area contributed by atoms with Crippen LogP contribution in [0.15, 0.2) is 54.6 Å². The maximum atomic E-state index is 12.7. The zero-order valence-electron chi connectivity index (χ0n) is 16.7. The molecule has 0 radical (unpaired) electrons. The highest BCUT2D eigenvalue weighted by Gasteiger charge is 2.36. The summed E-state index contributed by atoms with van der Waals surface area (Å²) in [5.41, 5.74) is 0.532. The molecule has 3 rings (SSSR count). The number of hydrogen-bond donors (Lipinski definition) is 0. The molecule has 0 aromatic heterocycles. The van der Waals surface area contributed by atoms with Crippen LogP contribution in [-0.2, 0) is 10.9 Å². The molecule has 156 valence electrons. The maximum absolute atomic E-state index is 12.7. The van der Waals surface area contributed by atoms with E-state index in [0.29, 0.717) is 0 Å². The van der Waals surface area contributed by atoms with Crippen LogP contribution >= 0.6 is 0 Å². The Hall–Kier alpha value is -2.34. The number of carbonyl (C=O) groups excluding carboxylic acids is 1. The van der Waals surface area contributed by atoms with E-state index in [1.807, 2.05) is 32.3 Å². The molecule has 0 N–H and O–H groups in total. The van der Waals surface area contributed by atoms with Crippen molar-refractivity contribution in [1.82, 2.24) is 4.90 Å². The highest BCUT2D eigenvalue weighted by molar-refractivity contribution is 5.89. The van der Waals surface area contributed by atoms with E-state index in [1.165, 1.54) is 17.7 Å². The van der Waals surface area contributed by atoms with Crippen LogP contribution in [-0.4, -0.2) is 31.1 Å². The van der Waals surface area contributed by atoms with Gasteiger partial charge in [-0.3, -0.25) is 0 Å². The molecule has 3 nitrogen and oxygen atoms in total. The highest BCUT2D eigenvalue weighted by atomic mass is 19.4. The Morgan fingerprint density at radius 3 is 2.21 bits per heavy atom. The van der Waals surface area contributed by atoms with Crippen LogP contribution in [0.25, 0.3) is 0 Å². The van der Waals surface area contributed by atoms with E-state index in [4.69, 9.17) is 4.74 Å². The molecule has 0 heterocycles. The number of rotatable bonds is 5. The van der Waals surface area contributed by atoms with Crippen LogP contribution < -0.4 is 0 Å². The Morgan fingerprint density at radius 1 is 1.00 bits per heavy atom. The Labute approximate surface area is 169 Å². The fourth-order valence-electron chi connectivity index (χ4n) is 4.21. The van der Waals surface area contributed by atoms with Crippen LogP contribution in [0.2, 0.25) is 0 Å². The van der Waals surface area contributed by atoms with Gasteiger partial charge in [-0.1, -0.05) is 36.8 Å². The number of alkyl halides is 3. The molecule has 3 atom stereocenters. The van der Waals surface area contributed by atoms with E-state index < -0.39 is 17.7 Å². The van der Waals surface area contributed by atoms with E-state index in [2.05, 4.69) is 17.0 Å². The topological polar surface area (TPSA) is 29.5 Å². The predicted octanol–water partition coefficient (Wildman–Crippen LogP) is 5.72. The summed E-state index contributed by atoms with van der Waals surface area (Å²) >= 11 is 0. The van der Waals surface area contributed by atoms with E-state index in [1.54, 1.807) is 0 Å². The number of ether oxygens (including phenoxy) is 1. The zero-order chi connectivity index (χ0) is 21.0. The normalized spacial score (nSPS) is 21.0. The van der Waals surface area contributed by atoms with Gasteiger partial charge in [0.05, 0.1) is 11.1 Å². The zero-order valence-corrected chi connectivity index (χ0v) is 16.7. The molecule has 0 aliphatic heterocycles. The first-order valence-corrected chi connectivity index (χ1v) is 9.87. The first-order valence-electron chi connectivity index (χ1n) is 9.87. The van der Waals surface area contributed by atoms with Gasteiger partial charge in [-0.2, -0.15) is 13.2 Å². The average Bonchev–Trinajstić information content (AvgIpc) is 2.69. The predicted molar refractivity (Wildman–Crippen MR) is 105 cm³/mol. The fraction of sp³-hybridized carbons (Fsp3) is 0.435. The monoisotopic (exact) mass is 405 g/mol. The largest absolute Gasteiger partial charge is 0.458 e. The van der Waals surface area contributed by atoms with Crippen LogP contribution in [0.5, 0.6) is 0 Å². The number of esters is 1. The third-order valence-corrected chi connectivity index (χ3v) is 5.56. The van der Waals surface area contributed by atoms with Gasteiger partial charge in [0.15, 0.2) is 0 Å². The van der Waals surface area contributed by atoms with Gasteiger partial charge < -0.3 is 9.64 Å². The van der Waals surface area contributed by atoms with Gasteiger partial charge in [0.2, 0.25) is 0 Å². The molecule has 1 fully saturated rings. The van der Waals surface area contributed by atoms with Crippen LogP contribution in [0.4, 0.5) is 13.2 Å². The molecular weight excluding hydrogens is 379 g/mol. The Balaban J connectivity index is 1.78. The van der Waals surface area contributed by atoms with Gasteiger partial charge >= 0.3 is 12.1 Å². The molecule has 0 saturated heterocycles. The van der Waals surface area contributed by atoms with E-state index >= 15 is 0 Å². The summed E-state index contributed by atoms with van der Waals surface area (Å²) in [6.07, 6.45) is -0.971. The summed E-state index contributed by atoms with van der Waals surface area (Å²) < 4.78 is 44.1. The van der Waals surface area contributed by atoms with Crippen molar-refractivity contribution in [1.29, 1.82) is 0 Å². The standard InChI is InChI=1S/C23H26F3NO2/c1-27(2)21(16-8-4-3-5-9-16)19-10-6-7-11-20(19)29-22(28)17-12-14-18(15-13-17)23(24,25)26/h3-5,8-9,12-15,19-21H,6-7,10-11H2,1-2H3/t19-,20-,21+/m0/s1. The molecule has 29 heavy (non-hydrogen) atoms. The van der Waals surface area contributed by atoms with E-state index in [0.717, 1.165) is 37.8 Å². The smallest absolute Gasteiger partial charge is 0.416 e. The summed E-state index contributed by atoms with van der Waals surface area (Å²) in [4.78, 5) is 14.8. The lowest BCUT2D eigenvalue weighted by atomic mass is 9.78. The number of carbonyl (C=O) groups is 1. The second-order valence-corrected chi connectivity index (χ2v) is 7.79. The number of nitrogens with zero attached hydrogens (tertiary/aromatic N) is 1. The van der Waals surface area contributed by atoms with Gasteiger partial charge in [0, 0.05) is 12.0 Å². The Bertz CT molecular complexity index is 803. The molecule has 0 amide bonds. The molecule has 0 bridgehead atoms. The van der Waals surface area contributed by atoms with Crippen molar-refractivity contribution in [2.24, 2.45) is 5.92 Å². The van der Waals surface area contributed by atoms with Crippen molar-refractivity contribution in [3.63, 3.8) is 0 Å². The van der Waals surface area contributed by atoms with Gasteiger partial charge in [0.1, 0.15) is 6.10 Å². The van der Waals surface area contributed by atoms with Gasteiger partial charge in [-0.05, 0) is 63.2 Å². The number of benzene rings is 2. The third kappa shape index (κ3) is 5.18. The first-order chi connectivity index (χ1) is 13.8. The summed E-state index contributed by atoms with van der Waals surface area (Å²) in [5, 5.41) is 0. The molecule has 1 aliphatic carbocycles. The molecule has 2 aromatic carbocycles. The Morgan fingerprint density at radius 2 is 1.62 bits per heavy atom. The molecular formula is C23H26F3NO2. The SMILES string of the molecule is CN(C)[C@H](c1ccccc1)[C@H]1CCCC[C@@H]1OC(=O)c1ccc(C(F)(F)F)cc1. The molecule has 6 heteroatoms. The molecule has 1 saturated carbocycles. The summed E-state index contributed by atoms with van der Waals surface area (Å²) in [7, 11) is 4.03. The molecule has 1 aliphatic rings. The maximum Gasteiger partial charge on any atom is 0.416 e. The lowest BCUT2D eigenvalue weighted by molar-refractivity contribution is -0.137. The van der Waals surface area contributed by atoms with Gasteiger partial charge in [0.25, 0.3) is 0 Å². The second-order valence-electron chi connectivity index (χ2n) is 7.79. The lowest BCUT2D eigenvalue weighted by Crippen LogP contribution is -2.39. The van der Waals surface area contributed by atoms with Crippen molar-refractivity contribution in [3.8, 4) is 0 Å². The van der Waals surface area contributed by atoms with Gasteiger partial charge in [-0.25, -0.2) is 4.79 Å². The van der Waals surface area contributed by atoms with Crippen LogP contribution in [0, 0.1) is 5.92 Å². The number of hydrogen-bond acceptors (Lipinski definition) is 3. The highest BCUT2D eigenvalue weighted by Crippen LogP contribution is 2.39. The van der Waals surface area contributed by atoms with Crippen LogP contribution in [0.3, 0.4) is 0 Å². The van der Waals surface area contributed by atoms with Crippen LogP contribution in [0.1, 0.15) is 53.2 Å². The fourth-order valence-corrected chi connectivity index (χ4v) is 4.21. The average molecular weight is 405 g/mol. The van der Waals surface area contributed by atoms with Crippen molar-refractivity contribution in [3.05, 3.63) is 71.3 Å². The molecule has 0 spiro atoms. The minimum absolute atomic E-state index is 0.0990. The first kappa shape index (κ1) is 21.4.